The van der Waals surface area contributed by atoms with Crippen LogP contribution in [-0.4, -0.2) is 40.7 Å². The van der Waals surface area contributed by atoms with Crippen molar-refractivity contribution < 1.29 is 9.53 Å². The molecule has 4 rings (SSSR count). The number of amides is 1. The fourth-order valence-electron chi connectivity index (χ4n) is 4.24. The van der Waals surface area contributed by atoms with Crippen LogP contribution >= 0.6 is 11.6 Å². The van der Waals surface area contributed by atoms with E-state index in [2.05, 4.69) is 34.7 Å². The van der Waals surface area contributed by atoms with Crippen LogP contribution in [0, 0.1) is 0 Å². The summed E-state index contributed by atoms with van der Waals surface area (Å²) >= 11 is 6.00. The third-order valence-electron chi connectivity index (χ3n) is 6.09. The maximum Gasteiger partial charge on any atom is 0.414 e. The first kappa shape index (κ1) is 21.7. The van der Waals surface area contributed by atoms with Crippen LogP contribution in [0.3, 0.4) is 0 Å². The number of hydrogen-bond donors (Lipinski definition) is 1. The van der Waals surface area contributed by atoms with E-state index in [1.54, 1.807) is 0 Å². The molecule has 31 heavy (non-hydrogen) atoms. The predicted molar refractivity (Wildman–Crippen MR) is 126 cm³/mol. The van der Waals surface area contributed by atoms with Crippen molar-refractivity contribution in [3.63, 3.8) is 0 Å². The zero-order chi connectivity index (χ0) is 21.8. The minimum absolute atomic E-state index is 0.161. The van der Waals surface area contributed by atoms with Gasteiger partial charge in [-0.25, -0.2) is 4.79 Å². The fourth-order valence-corrected chi connectivity index (χ4v) is 4.37. The normalized spacial score (nSPS) is 15.5. The number of nitrogens with zero attached hydrogens (tertiary/aromatic N) is 2. The number of hydrogen-bond acceptors (Lipinski definition) is 3. The lowest BCUT2D eigenvalue weighted by atomic mass is 10.0. The van der Waals surface area contributed by atoms with Crippen molar-refractivity contribution in [3.8, 4) is 5.88 Å². The Balaban J connectivity index is 1.43. The number of carbonyl (C=O) groups is 1. The number of carbonyl (C=O) groups excluding carboxylic acids is 1. The lowest BCUT2D eigenvalue weighted by Gasteiger charge is -2.34. The van der Waals surface area contributed by atoms with Crippen LogP contribution in [0.4, 0.5) is 4.79 Å². The van der Waals surface area contributed by atoms with E-state index in [0.29, 0.717) is 18.5 Å². The first-order chi connectivity index (χ1) is 15.0. The van der Waals surface area contributed by atoms with Gasteiger partial charge in [-0.3, -0.25) is 0 Å². The molecule has 1 aliphatic rings. The van der Waals surface area contributed by atoms with Gasteiger partial charge in [0.05, 0.1) is 5.52 Å². The molecule has 0 saturated carbocycles. The van der Waals surface area contributed by atoms with Gasteiger partial charge in [-0.05, 0) is 56.9 Å². The van der Waals surface area contributed by atoms with Gasteiger partial charge >= 0.3 is 6.09 Å². The van der Waals surface area contributed by atoms with Gasteiger partial charge in [-0.15, -0.1) is 0 Å². The molecule has 1 fully saturated rings. The molecule has 2 heterocycles. The number of piperidine rings is 1. The van der Waals surface area contributed by atoms with Gasteiger partial charge in [0.2, 0.25) is 5.88 Å². The van der Waals surface area contributed by atoms with Gasteiger partial charge in [0.1, 0.15) is 0 Å². The van der Waals surface area contributed by atoms with Gasteiger partial charge in [0.15, 0.2) is 0 Å². The zero-order valence-corrected chi connectivity index (χ0v) is 18.9. The second-order valence-electron chi connectivity index (χ2n) is 8.51. The lowest BCUT2D eigenvalue weighted by molar-refractivity contribution is 0.151. The minimum atomic E-state index is -0.376. The SMILES string of the molecule is CC(C)N1CCC(NC(=O)Oc2cc3ccccc3n2CCc2ccc(Cl)cc2)CC1. The van der Waals surface area contributed by atoms with E-state index in [0.717, 1.165) is 48.3 Å². The first-order valence-corrected chi connectivity index (χ1v) is 11.4. The number of likely N-dealkylation sites (tertiary alicyclic amines) is 1. The molecule has 0 unspecified atom stereocenters. The van der Waals surface area contributed by atoms with E-state index in [4.69, 9.17) is 16.3 Å². The maximum atomic E-state index is 12.7. The number of benzene rings is 2. The van der Waals surface area contributed by atoms with E-state index in [-0.39, 0.29) is 12.1 Å². The van der Waals surface area contributed by atoms with Crippen molar-refractivity contribution >= 4 is 28.6 Å². The van der Waals surface area contributed by atoms with Gasteiger partial charge in [0, 0.05) is 48.2 Å². The second kappa shape index (κ2) is 9.75. The van der Waals surface area contributed by atoms with Crippen LogP contribution in [0.1, 0.15) is 32.3 Å². The molecule has 3 aromatic rings. The van der Waals surface area contributed by atoms with Gasteiger partial charge in [-0.2, -0.15) is 0 Å². The molecule has 0 radical (unpaired) electrons. The molecule has 1 saturated heterocycles. The molecular formula is C25H30ClN3O2. The molecule has 0 bridgehead atoms. The van der Waals surface area contributed by atoms with Crippen molar-refractivity contribution in [1.82, 2.24) is 14.8 Å². The highest BCUT2D eigenvalue weighted by Crippen LogP contribution is 2.26. The molecule has 0 spiro atoms. The quantitative estimate of drug-likeness (QED) is 0.551. The number of rotatable bonds is 6. The van der Waals surface area contributed by atoms with Gasteiger partial charge in [0.25, 0.3) is 0 Å². The number of fused-ring (bicyclic) bond motifs is 1. The van der Waals surface area contributed by atoms with Crippen LogP contribution < -0.4 is 10.1 Å². The third-order valence-corrected chi connectivity index (χ3v) is 6.34. The molecule has 1 aliphatic heterocycles. The topological polar surface area (TPSA) is 46.5 Å². The highest BCUT2D eigenvalue weighted by molar-refractivity contribution is 6.30. The van der Waals surface area contributed by atoms with Crippen LogP contribution in [0.5, 0.6) is 5.88 Å². The number of aromatic nitrogens is 1. The summed E-state index contributed by atoms with van der Waals surface area (Å²) in [4.78, 5) is 15.1. The molecule has 6 heteroatoms. The van der Waals surface area contributed by atoms with Crippen LogP contribution in [0.15, 0.2) is 54.6 Å². The molecule has 0 atom stereocenters. The highest BCUT2D eigenvalue weighted by Gasteiger charge is 2.23. The molecular weight excluding hydrogens is 410 g/mol. The minimum Gasteiger partial charge on any atom is -0.393 e. The zero-order valence-electron chi connectivity index (χ0n) is 18.2. The molecule has 1 N–H and O–H groups in total. The van der Waals surface area contributed by atoms with E-state index < -0.39 is 0 Å². The summed E-state index contributed by atoms with van der Waals surface area (Å²) in [5, 5.41) is 4.86. The summed E-state index contributed by atoms with van der Waals surface area (Å²) < 4.78 is 7.87. The number of ether oxygens (including phenoxy) is 1. The Labute approximate surface area is 188 Å². The van der Waals surface area contributed by atoms with Gasteiger partial charge in [-0.1, -0.05) is 41.9 Å². The monoisotopic (exact) mass is 439 g/mol. The fraction of sp³-hybridized carbons (Fsp3) is 0.400. The second-order valence-corrected chi connectivity index (χ2v) is 8.94. The summed E-state index contributed by atoms with van der Waals surface area (Å²) in [7, 11) is 0. The predicted octanol–water partition coefficient (Wildman–Crippen LogP) is 5.50. The Kier molecular flexibility index (Phi) is 6.83. The van der Waals surface area contributed by atoms with E-state index >= 15 is 0 Å². The van der Waals surface area contributed by atoms with Gasteiger partial charge < -0.3 is 19.5 Å². The molecule has 1 amide bonds. The van der Waals surface area contributed by atoms with Crippen molar-refractivity contribution in [1.29, 1.82) is 0 Å². The summed E-state index contributed by atoms with van der Waals surface area (Å²) in [6.07, 6.45) is 2.35. The smallest absolute Gasteiger partial charge is 0.393 e. The molecule has 0 aliphatic carbocycles. The Morgan fingerprint density at radius 3 is 2.55 bits per heavy atom. The number of para-hydroxylation sites is 1. The maximum absolute atomic E-state index is 12.7. The van der Waals surface area contributed by atoms with E-state index in [1.165, 1.54) is 5.56 Å². The van der Waals surface area contributed by atoms with Crippen molar-refractivity contribution in [2.24, 2.45) is 0 Å². The first-order valence-electron chi connectivity index (χ1n) is 11.0. The lowest BCUT2D eigenvalue weighted by Crippen LogP contribution is -2.47. The average Bonchev–Trinajstić information content (AvgIpc) is 3.10. The van der Waals surface area contributed by atoms with Crippen LogP contribution in [-0.2, 0) is 13.0 Å². The van der Waals surface area contributed by atoms with Crippen LogP contribution in [0.2, 0.25) is 5.02 Å². The highest BCUT2D eigenvalue weighted by atomic mass is 35.5. The molecule has 1 aromatic heterocycles. The largest absolute Gasteiger partial charge is 0.414 e. The van der Waals surface area contributed by atoms with Crippen molar-refractivity contribution in [3.05, 3.63) is 65.2 Å². The molecule has 5 nitrogen and oxygen atoms in total. The summed E-state index contributed by atoms with van der Waals surface area (Å²) in [5.74, 6) is 0.576. The average molecular weight is 440 g/mol. The van der Waals surface area contributed by atoms with Crippen LogP contribution in [0.25, 0.3) is 10.9 Å². The van der Waals surface area contributed by atoms with Crippen molar-refractivity contribution in [2.45, 2.75) is 51.7 Å². The summed E-state index contributed by atoms with van der Waals surface area (Å²) in [5.41, 5.74) is 2.25. The Hall–Kier alpha value is -2.50. The Morgan fingerprint density at radius 1 is 1.13 bits per heavy atom. The number of nitrogens with one attached hydrogen (secondary N) is 1. The Bertz CT molecular complexity index is 1020. The number of aryl methyl sites for hydroxylation is 2. The van der Waals surface area contributed by atoms with E-state index in [9.17, 15) is 4.79 Å². The number of halogens is 1. The molecule has 2 aromatic carbocycles. The summed E-state index contributed by atoms with van der Waals surface area (Å²) in [6, 6.07) is 18.6. The van der Waals surface area contributed by atoms with E-state index in [1.807, 2.05) is 48.5 Å². The molecule has 164 valence electrons. The summed E-state index contributed by atoms with van der Waals surface area (Å²) in [6.45, 7) is 7.15. The Morgan fingerprint density at radius 2 is 1.84 bits per heavy atom. The standard InChI is InChI=1S/C25H30ClN3O2/c1-18(2)28-14-12-22(13-15-28)27-25(30)31-24-17-20-5-3-4-6-23(20)29(24)16-11-19-7-9-21(26)10-8-19/h3-10,17-18,22H,11-16H2,1-2H3,(H,27,30). The third kappa shape index (κ3) is 5.41. The van der Waals surface area contributed by atoms with Crippen molar-refractivity contribution in [2.75, 3.05) is 13.1 Å².